The molecule has 0 spiro atoms. The molecule has 0 radical (unpaired) electrons. The van der Waals surface area contributed by atoms with Gasteiger partial charge >= 0.3 is 0 Å². The van der Waals surface area contributed by atoms with E-state index < -0.39 is 5.67 Å². The molecule has 1 saturated heterocycles. The summed E-state index contributed by atoms with van der Waals surface area (Å²) in [5.74, 6) is 1.31. The van der Waals surface area contributed by atoms with E-state index in [0.29, 0.717) is 24.8 Å². The van der Waals surface area contributed by atoms with Crippen molar-refractivity contribution in [2.45, 2.75) is 82.9 Å². The van der Waals surface area contributed by atoms with Crippen LogP contribution >= 0.6 is 0 Å². The summed E-state index contributed by atoms with van der Waals surface area (Å²) in [6.45, 7) is 3.70. The maximum Gasteiger partial charge on any atom is 0.234 e. The number of hydrogen-bond donors (Lipinski definition) is 0. The second-order valence-corrected chi connectivity index (χ2v) is 9.79. The van der Waals surface area contributed by atoms with Crippen LogP contribution in [0.1, 0.15) is 70.4 Å². The van der Waals surface area contributed by atoms with Gasteiger partial charge in [0, 0.05) is 24.7 Å². The number of hydrogen-bond acceptors (Lipinski definition) is 5. The predicted octanol–water partition coefficient (Wildman–Crippen LogP) is 6.01. The number of aromatic nitrogens is 2. The number of ether oxygens (including phenoxy) is 2. The van der Waals surface area contributed by atoms with Crippen molar-refractivity contribution in [3.05, 3.63) is 36.0 Å². The van der Waals surface area contributed by atoms with E-state index >= 15 is 4.39 Å². The molecule has 33 heavy (non-hydrogen) atoms. The maximum atomic E-state index is 15.1. The first kappa shape index (κ1) is 23.9. The molecule has 0 bridgehead atoms. The largest absolute Gasteiger partial charge is 0.490 e. The normalized spacial score (nSPS) is 19.4. The Balaban J connectivity index is 1.47. The third-order valence-corrected chi connectivity index (χ3v) is 7.00. The van der Waals surface area contributed by atoms with Crippen molar-refractivity contribution in [1.29, 1.82) is 0 Å². The van der Waals surface area contributed by atoms with Crippen LogP contribution < -0.4 is 9.47 Å². The molecule has 1 aromatic heterocycles. The van der Waals surface area contributed by atoms with Gasteiger partial charge in [-0.1, -0.05) is 31.9 Å². The SMILES string of the molecule is CCCCc1nnc(OCC2(F)CCN(C)CC2)cc1-c1ccc(OC2CCCCC2)cc1. The Bertz CT molecular complexity index is 875. The number of alkyl halides is 1. The van der Waals surface area contributed by atoms with Crippen LogP contribution in [0, 0.1) is 0 Å². The molecule has 0 atom stereocenters. The molecule has 0 unspecified atom stereocenters. The summed E-state index contributed by atoms with van der Waals surface area (Å²) in [7, 11) is 2.03. The highest BCUT2D eigenvalue weighted by molar-refractivity contribution is 5.67. The average molecular weight is 456 g/mol. The molecule has 0 amide bonds. The number of piperidine rings is 1. The maximum absolute atomic E-state index is 15.1. The van der Waals surface area contributed by atoms with E-state index in [9.17, 15) is 0 Å². The fraction of sp³-hybridized carbons (Fsp3) is 0.630. The first-order chi connectivity index (χ1) is 16.0. The first-order valence-electron chi connectivity index (χ1n) is 12.7. The van der Waals surface area contributed by atoms with Crippen LogP contribution in [0.3, 0.4) is 0 Å². The van der Waals surface area contributed by atoms with Crippen LogP contribution in [-0.2, 0) is 6.42 Å². The number of halogens is 1. The van der Waals surface area contributed by atoms with Gasteiger partial charge in [0.25, 0.3) is 0 Å². The number of likely N-dealkylation sites (tertiary alicyclic amines) is 1. The van der Waals surface area contributed by atoms with E-state index in [2.05, 4.69) is 34.2 Å². The summed E-state index contributed by atoms with van der Waals surface area (Å²) in [6, 6.07) is 10.2. The number of aryl methyl sites for hydroxylation is 1. The van der Waals surface area contributed by atoms with E-state index in [0.717, 1.165) is 67.8 Å². The molecular weight excluding hydrogens is 417 g/mol. The Morgan fingerprint density at radius 3 is 2.48 bits per heavy atom. The van der Waals surface area contributed by atoms with Crippen LogP contribution in [0.25, 0.3) is 11.1 Å². The van der Waals surface area contributed by atoms with Gasteiger partial charge < -0.3 is 14.4 Å². The van der Waals surface area contributed by atoms with Crippen LogP contribution in [0.5, 0.6) is 11.6 Å². The van der Waals surface area contributed by atoms with Crippen LogP contribution in [0.2, 0.25) is 0 Å². The molecule has 2 aromatic rings. The summed E-state index contributed by atoms with van der Waals surface area (Å²) in [5.41, 5.74) is 1.73. The Morgan fingerprint density at radius 2 is 1.79 bits per heavy atom. The van der Waals surface area contributed by atoms with Crippen molar-refractivity contribution >= 4 is 0 Å². The third-order valence-electron chi connectivity index (χ3n) is 7.00. The molecule has 4 rings (SSSR count). The number of rotatable bonds is 9. The zero-order valence-electron chi connectivity index (χ0n) is 20.2. The van der Waals surface area contributed by atoms with Crippen molar-refractivity contribution in [3.63, 3.8) is 0 Å². The third kappa shape index (κ3) is 6.66. The van der Waals surface area contributed by atoms with E-state index in [1.165, 1.54) is 19.3 Å². The topological polar surface area (TPSA) is 47.5 Å². The van der Waals surface area contributed by atoms with Gasteiger partial charge in [0.15, 0.2) is 0 Å². The first-order valence-corrected chi connectivity index (χ1v) is 12.7. The van der Waals surface area contributed by atoms with Crippen LogP contribution in [0.4, 0.5) is 4.39 Å². The smallest absolute Gasteiger partial charge is 0.234 e. The second kappa shape index (κ2) is 11.3. The molecule has 6 heteroatoms. The summed E-state index contributed by atoms with van der Waals surface area (Å²) in [6.07, 6.45) is 10.4. The van der Waals surface area contributed by atoms with Gasteiger partial charge in [0.05, 0.1) is 11.8 Å². The lowest BCUT2D eigenvalue weighted by molar-refractivity contribution is 0.0227. The van der Waals surface area contributed by atoms with E-state index in [4.69, 9.17) is 9.47 Å². The van der Waals surface area contributed by atoms with E-state index in [-0.39, 0.29) is 6.61 Å². The quantitative estimate of drug-likeness (QED) is 0.463. The lowest BCUT2D eigenvalue weighted by atomic mass is 9.94. The summed E-state index contributed by atoms with van der Waals surface area (Å²) >= 11 is 0. The van der Waals surface area contributed by atoms with Gasteiger partial charge in [0.1, 0.15) is 18.0 Å². The molecule has 1 aliphatic carbocycles. The molecule has 2 heterocycles. The Labute approximate surface area is 197 Å². The molecular formula is C27H38FN3O2. The molecule has 1 saturated carbocycles. The molecule has 0 N–H and O–H groups in total. The summed E-state index contributed by atoms with van der Waals surface area (Å²) < 4.78 is 27.2. The van der Waals surface area contributed by atoms with Gasteiger partial charge in [0.2, 0.25) is 5.88 Å². The van der Waals surface area contributed by atoms with Crippen molar-refractivity contribution in [1.82, 2.24) is 15.1 Å². The van der Waals surface area contributed by atoms with Crippen LogP contribution in [-0.4, -0.2) is 53.6 Å². The van der Waals surface area contributed by atoms with Gasteiger partial charge in [-0.05, 0) is 76.1 Å². The zero-order chi connectivity index (χ0) is 23.1. The summed E-state index contributed by atoms with van der Waals surface area (Å²) in [4.78, 5) is 2.15. The van der Waals surface area contributed by atoms with Crippen molar-refractivity contribution in [3.8, 4) is 22.8 Å². The van der Waals surface area contributed by atoms with Crippen molar-refractivity contribution in [2.75, 3.05) is 26.7 Å². The standard InChI is InChI=1S/C27H38FN3O2/c1-3-4-10-25-24(21-11-13-23(14-12-21)33-22-8-6-5-7-9-22)19-26(30-29-25)32-20-27(28)15-17-31(2)18-16-27/h11-14,19,22H,3-10,15-18,20H2,1-2H3. The van der Waals surface area contributed by atoms with Crippen molar-refractivity contribution < 1.29 is 13.9 Å². The highest BCUT2D eigenvalue weighted by Crippen LogP contribution is 2.31. The molecule has 2 aliphatic rings. The molecule has 1 aromatic carbocycles. The summed E-state index contributed by atoms with van der Waals surface area (Å²) in [5, 5.41) is 8.74. The number of unbranched alkanes of at least 4 members (excludes halogenated alkanes) is 1. The van der Waals surface area contributed by atoms with Crippen molar-refractivity contribution in [2.24, 2.45) is 0 Å². The van der Waals surface area contributed by atoms with Crippen LogP contribution in [0.15, 0.2) is 30.3 Å². The lowest BCUT2D eigenvalue weighted by Crippen LogP contribution is -2.43. The highest BCUT2D eigenvalue weighted by Gasteiger charge is 2.34. The minimum Gasteiger partial charge on any atom is -0.490 e. The fourth-order valence-corrected chi connectivity index (χ4v) is 4.70. The predicted molar refractivity (Wildman–Crippen MR) is 130 cm³/mol. The van der Waals surface area contributed by atoms with Gasteiger partial charge in [-0.25, -0.2) is 4.39 Å². The van der Waals surface area contributed by atoms with E-state index in [1.54, 1.807) is 0 Å². The monoisotopic (exact) mass is 455 g/mol. The minimum atomic E-state index is -1.30. The Hall–Kier alpha value is -2.21. The fourth-order valence-electron chi connectivity index (χ4n) is 4.70. The molecule has 5 nitrogen and oxygen atoms in total. The second-order valence-electron chi connectivity index (χ2n) is 9.79. The number of benzene rings is 1. The lowest BCUT2D eigenvalue weighted by Gasteiger charge is -2.33. The molecule has 2 fully saturated rings. The number of nitrogens with zero attached hydrogens (tertiary/aromatic N) is 3. The van der Waals surface area contributed by atoms with Gasteiger partial charge in [-0.2, -0.15) is 5.10 Å². The zero-order valence-corrected chi connectivity index (χ0v) is 20.2. The Kier molecular flexibility index (Phi) is 8.18. The molecule has 1 aliphatic heterocycles. The van der Waals surface area contributed by atoms with E-state index in [1.807, 2.05) is 25.2 Å². The highest BCUT2D eigenvalue weighted by atomic mass is 19.1. The van der Waals surface area contributed by atoms with Gasteiger partial charge in [-0.15, -0.1) is 5.10 Å². The Morgan fingerprint density at radius 1 is 1.06 bits per heavy atom. The average Bonchev–Trinajstić information content (AvgIpc) is 2.85. The molecule has 180 valence electrons. The van der Waals surface area contributed by atoms with Gasteiger partial charge in [-0.3, -0.25) is 0 Å². The minimum absolute atomic E-state index is 0.0252.